The van der Waals surface area contributed by atoms with E-state index in [2.05, 4.69) is 10.3 Å². The Labute approximate surface area is 125 Å². The van der Waals surface area contributed by atoms with E-state index in [1.165, 1.54) is 11.8 Å². The first-order valence-electron chi connectivity index (χ1n) is 5.65. The van der Waals surface area contributed by atoms with Crippen molar-refractivity contribution in [2.24, 2.45) is 0 Å². The molecule has 2 aromatic rings. The van der Waals surface area contributed by atoms with Crippen LogP contribution in [0, 0.1) is 13.8 Å². The maximum atomic E-state index is 11.8. The number of aryl methyl sites for hydroxylation is 2. The average Bonchev–Trinajstić information content (AvgIpc) is 2.76. The molecule has 6 heteroatoms. The number of nitrogens with one attached hydrogen (secondary N) is 1. The minimum atomic E-state index is -0.0800. The van der Waals surface area contributed by atoms with Crippen molar-refractivity contribution in [3.05, 3.63) is 39.9 Å². The number of hydrogen-bond acceptors (Lipinski definition) is 4. The van der Waals surface area contributed by atoms with Crippen molar-refractivity contribution in [2.75, 3.05) is 11.1 Å². The molecule has 0 saturated heterocycles. The highest BCUT2D eigenvalue weighted by molar-refractivity contribution is 8.01. The molecule has 0 saturated carbocycles. The number of carbonyl (C=O) groups excluding carboxylic acids is 1. The SMILES string of the molecule is Cc1ccc(NC(=O)CSc2nc(C)cs2)c(Cl)c1. The summed E-state index contributed by atoms with van der Waals surface area (Å²) in [6, 6.07) is 5.56. The van der Waals surface area contributed by atoms with Gasteiger partial charge in [-0.1, -0.05) is 29.4 Å². The third-order valence-corrected chi connectivity index (χ3v) is 4.77. The van der Waals surface area contributed by atoms with Gasteiger partial charge >= 0.3 is 0 Å². The van der Waals surface area contributed by atoms with Crippen LogP contribution >= 0.6 is 34.7 Å². The quantitative estimate of drug-likeness (QED) is 0.863. The first kappa shape index (κ1) is 14.4. The summed E-state index contributed by atoms with van der Waals surface area (Å²) in [5.41, 5.74) is 2.69. The van der Waals surface area contributed by atoms with Crippen LogP contribution in [0.25, 0.3) is 0 Å². The van der Waals surface area contributed by atoms with Crippen LogP contribution in [0.2, 0.25) is 5.02 Å². The van der Waals surface area contributed by atoms with Gasteiger partial charge in [-0.2, -0.15) is 0 Å². The minimum absolute atomic E-state index is 0.0800. The molecule has 1 amide bonds. The van der Waals surface area contributed by atoms with E-state index < -0.39 is 0 Å². The zero-order valence-corrected chi connectivity index (χ0v) is 13.0. The van der Waals surface area contributed by atoms with Crippen LogP contribution < -0.4 is 5.32 Å². The van der Waals surface area contributed by atoms with Gasteiger partial charge in [0.25, 0.3) is 0 Å². The number of aromatic nitrogens is 1. The fourth-order valence-electron chi connectivity index (χ4n) is 1.43. The van der Waals surface area contributed by atoms with Gasteiger partial charge in [-0.3, -0.25) is 4.79 Å². The molecule has 1 aromatic heterocycles. The van der Waals surface area contributed by atoms with Gasteiger partial charge in [-0.25, -0.2) is 4.98 Å². The molecule has 0 aliphatic rings. The lowest BCUT2D eigenvalue weighted by atomic mass is 10.2. The van der Waals surface area contributed by atoms with Crippen molar-refractivity contribution < 1.29 is 4.79 Å². The highest BCUT2D eigenvalue weighted by Gasteiger charge is 2.08. The molecule has 1 aromatic carbocycles. The summed E-state index contributed by atoms with van der Waals surface area (Å²) in [6.45, 7) is 3.89. The fraction of sp³-hybridized carbons (Fsp3) is 0.231. The van der Waals surface area contributed by atoms with Gasteiger partial charge in [0.05, 0.1) is 16.5 Å². The Bertz CT molecular complexity index is 598. The second kappa shape index (κ2) is 6.41. The van der Waals surface area contributed by atoms with Crippen LogP contribution in [0.1, 0.15) is 11.3 Å². The van der Waals surface area contributed by atoms with Gasteiger partial charge in [-0.15, -0.1) is 11.3 Å². The Balaban J connectivity index is 1.90. The Morgan fingerprint density at radius 2 is 2.26 bits per heavy atom. The molecule has 1 N–H and O–H groups in total. The topological polar surface area (TPSA) is 42.0 Å². The monoisotopic (exact) mass is 312 g/mol. The van der Waals surface area contributed by atoms with Gasteiger partial charge in [0.2, 0.25) is 5.91 Å². The Morgan fingerprint density at radius 1 is 1.47 bits per heavy atom. The summed E-state index contributed by atoms with van der Waals surface area (Å²) in [5.74, 6) is 0.251. The molecule has 0 unspecified atom stereocenters. The van der Waals surface area contributed by atoms with E-state index >= 15 is 0 Å². The molecule has 2 rings (SSSR count). The predicted octanol–water partition coefficient (Wildman–Crippen LogP) is 4.14. The summed E-state index contributed by atoms with van der Waals surface area (Å²) < 4.78 is 0.905. The second-order valence-corrected chi connectivity index (χ2v) is 6.56. The van der Waals surface area contributed by atoms with E-state index in [-0.39, 0.29) is 5.91 Å². The molecule has 19 heavy (non-hydrogen) atoms. The van der Waals surface area contributed by atoms with Gasteiger partial charge in [0.1, 0.15) is 0 Å². The van der Waals surface area contributed by atoms with E-state index in [1.54, 1.807) is 11.3 Å². The van der Waals surface area contributed by atoms with Crippen LogP contribution in [-0.4, -0.2) is 16.6 Å². The Hall–Kier alpha value is -1.04. The second-order valence-electron chi connectivity index (χ2n) is 4.07. The minimum Gasteiger partial charge on any atom is -0.324 e. The number of thioether (sulfide) groups is 1. The van der Waals surface area contributed by atoms with Crippen molar-refractivity contribution in [3.63, 3.8) is 0 Å². The smallest absolute Gasteiger partial charge is 0.234 e. The third kappa shape index (κ3) is 4.23. The lowest BCUT2D eigenvalue weighted by Gasteiger charge is -2.07. The predicted molar refractivity (Wildman–Crippen MR) is 82.4 cm³/mol. The van der Waals surface area contributed by atoms with Gasteiger partial charge in [0.15, 0.2) is 4.34 Å². The summed E-state index contributed by atoms with van der Waals surface area (Å²) in [6.07, 6.45) is 0. The van der Waals surface area contributed by atoms with E-state index in [0.717, 1.165) is 15.6 Å². The van der Waals surface area contributed by atoms with Crippen LogP contribution in [-0.2, 0) is 4.79 Å². The zero-order chi connectivity index (χ0) is 13.8. The number of benzene rings is 1. The van der Waals surface area contributed by atoms with Crippen molar-refractivity contribution in [2.45, 2.75) is 18.2 Å². The van der Waals surface area contributed by atoms with Crippen LogP contribution in [0.3, 0.4) is 0 Å². The zero-order valence-electron chi connectivity index (χ0n) is 10.6. The molecule has 0 atom stereocenters. The molecular weight excluding hydrogens is 300 g/mol. The number of carbonyl (C=O) groups is 1. The third-order valence-electron chi connectivity index (χ3n) is 2.32. The van der Waals surface area contributed by atoms with Crippen molar-refractivity contribution in [1.82, 2.24) is 4.98 Å². The van der Waals surface area contributed by atoms with E-state index in [0.29, 0.717) is 16.5 Å². The highest BCUT2D eigenvalue weighted by atomic mass is 35.5. The normalized spacial score (nSPS) is 10.5. The first-order valence-corrected chi connectivity index (χ1v) is 7.90. The fourth-order valence-corrected chi connectivity index (χ4v) is 3.37. The molecular formula is C13H13ClN2OS2. The van der Waals surface area contributed by atoms with Crippen LogP contribution in [0.4, 0.5) is 5.69 Å². The average molecular weight is 313 g/mol. The molecule has 0 radical (unpaired) electrons. The largest absolute Gasteiger partial charge is 0.324 e. The van der Waals surface area contributed by atoms with Gasteiger partial charge < -0.3 is 5.32 Å². The lowest BCUT2D eigenvalue weighted by molar-refractivity contribution is -0.113. The number of anilines is 1. The first-order chi connectivity index (χ1) is 9.04. The van der Waals surface area contributed by atoms with Gasteiger partial charge in [-0.05, 0) is 31.5 Å². The molecule has 0 bridgehead atoms. The number of nitrogens with zero attached hydrogens (tertiary/aromatic N) is 1. The van der Waals surface area contributed by atoms with E-state index in [4.69, 9.17) is 11.6 Å². The van der Waals surface area contributed by atoms with Crippen LogP contribution in [0.15, 0.2) is 27.9 Å². The summed E-state index contributed by atoms with van der Waals surface area (Å²) in [5, 5.41) is 5.33. The Kier molecular flexibility index (Phi) is 4.85. The van der Waals surface area contributed by atoms with Gasteiger partial charge in [0, 0.05) is 11.1 Å². The molecule has 0 fully saturated rings. The Morgan fingerprint density at radius 3 is 2.89 bits per heavy atom. The van der Waals surface area contributed by atoms with E-state index in [1.807, 2.05) is 37.4 Å². The molecule has 0 aliphatic heterocycles. The summed E-state index contributed by atoms with van der Waals surface area (Å²) in [4.78, 5) is 16.1. The van der Waals surface area contributed by atoms with Crippen LogP contribution in [0.5, 0.6) is 0 Å². The summed E-state index contributed by atoms with van der Waals surface area (Å²) >= 11 is 9.04. The number of thiazole rings is 1. The highest BCUT2D eigenvalue weighted by Crippen LogP contribution is 2.25. The van der Waals surface area contributed by atoms with Crippen molar-refractivity contribution >= 4 is 46.3 Å². The molecule has 0 spiro atoms. The number of halogens is 1. The van der Waals surface area contributed by atoms with Crippen molar-refractivity contribution in [3.8, 4) is 0 Å². The number of amides is 1. The maximum absolute atomic E-state index is 11.8. The molecule has 0 aliphatic carbocycles. The standard InChI is InChI=1S/C13H13ClN2OS2/c1-8-3-4-11(10(14)5-8)16-12(17)7-19-13-15-9(2)6-18-13/h3-6H,7H2,1-2H3,(H,16,17). The molecule has 3 nitrogen and oxygen atoms in total. The number of rotatable bonds is 4. The molecule has 1 heterocycles. The number of hydrogen-bond donors (Lipinski definition) is 1. The summed E-state index contributed by atoms with van der Waals surface area (Å²) in [7, 11) is 0. The maximum Gasteiger partial charge on any atom is 0.234 e. The molecule has 100 valence electrons. The lowest BCUT2D eigenvalue weighted by Crippen LogP contribution is -2.14. The van der Waals surface area contributed by atoms with E-state index in [9.17, 15) is 4.79 Å². The van der Waals surface area contributed by atoms with Crippen molar-refractivity contribution in [1.29, 1.82) is 0 Å².